The van der Waals surface area contributed by atoms with Crippen molar-refractivity contribution in [1.29, 1.82) is 0 Å². The third-order valence-corrected chi connectivity index (χ3v) is 3.33. The molecular formula is C12H6Cl3F3N2. The van der Waals surface area contributed by atoms with E-state index < -0.39 is 17.6 Å². The van der Waals surface area contributed by atoms with Gasteiger partial charge in [-0.3, -0.25) is 0 Å². The Hall–Kier alpha value is -1.17. The molecule has 2 nitrogen and oxygen atoms in total. The molecule has 8 heteroatoms. The molecule has 20 heavy (non-hydrogen) atoms. The maximum Gasteiger partial charge on any atom is 0.419 e. The van der Waals surface area contributed by atoms with E-state index in [9.17, 15) is 13.2 Å². The number of halogens is 6. The largest absolute Gasteiger partial charge is 0.419 e. The van der Waals surface area contributed by atoms with Crippen molar-refractivity contribution < 1.29 is 13.2 Å². The molecule has 0 radical (unpaired) electrons. The van der Waals surface area contributed by atoms with E-state index in [-0.39, 0.29) is 26.2 Å². The van der Waals surface area contributed by atoms with Crippen LogP contribution in [0.15, 0.2) is 24.4 Å². The van der Waals surface area contributed by atoms with Crippen LogP contribution in [0.3, 0.4) is 0 Å². The molecular weight excluding hydrogens is 335 g/mol. The standard InChI is InChI=1S/C12H6Cl3F3N2/c13-6-2-8(14)10(9(15)3-6)5-1-7(12(16,17)18)11(19)20-4-5/h1-4H,(H2,19,20). The molecule has 1 aromatic carbocycles. The molecule has 2 N–H and O–H groups in total. The lowest BCUT2D eigenvalue weighted by Gasteiger charge is -2.13. The number of nitrogens with two attached hydrogens (primary N) is 1. The summed E-state index contributed by atoms with van der Waals surface area (Å²) in [5, 5.41) is 0.535. The number of pyridine rings is 1. The number of nitrogens with zero attached hydrogens (tertiary/aromatic N) is 1. The van der Waals surface area contributed by atoms with Crippen LogP contribution in [-0.2, 0) is 6.18 Å². The van der Waals surface area contributed by atoms with Crippen LogP contribution >= 0.6 is 34.8 Å². The minimum Gasteiger partial charge on any atom is -0.383 e. The molecule has 2 aromatic rings. The van der Waals surface area contributed by atoms with Crippen LogP contribution in [0.25, 0.3) is 11.1 Å². The topological polar surface area (TPSA) is 38.9 Å². The normalized spacial score (nSPS) is 11.7. The van der Waals surface area contributed by atoms with Crippen LogP contribution in [0.4, 0.5) is 19.0 Å². The molecule has 0 aliphatic carbocycles. The number of rotatable bonds is 1. The van der Waals surface area contributed by atoms with Gasteiger partial charge in [-0.1, -0.05) is 34.8 Å². The summed E-state index contributed by atoms with van der Waals surface area (Å²) in [7, 11) is 0. The van der Waals surface area contributed by atoms with Gasteiger partial charge in [0.05, 0.1) is 15.6 Å². The molecule has 0 amide bonds. The van der Waals surface area contributed by atoms with E-state index in [0.717, 1.165) is 6.07 Å². The minimum atomic E-state index is -4.61. The number of hydrogen-bond acceptors (Lipinski definition) is 2. The minimum absolute atomic E-state index is 0.109. The smallest absolute Gasteiger partial charge is 0.383 e. The predicted octanol–water partition coefficient (Wildman–Crippen LogP) is 5.31. The molecule has 2 rings (SSSR count). The van der Waals surface area contributed by atoms with Crippen molar-refractivity contribution >= 4 is 40.6 Å². The highest BCUT2D eigenvalue weighted by atomic mass is 35.5. The summed E-state index contributed by atoms with van der Waals surface area (Å²) < 4.78 is 38.4. The van der Waals surface area contributed by atoms with E-state index in [1.54, 1.807) is 0 Å². The zero-order valence-electron chi connectivity index (χ0n) is 9.60. The average Bonchev–Trinajstić information content (AvgIpc) is 2.28. The SMILES string of the molecule is Nc1ncc(-c2c(Cl)cc(Cl)cc2Cl)cc1C(F)(F)F. The monoisotopic (exact) mass is 340 g/mol. The fourth-order valence-corrected chi connectivity index (χ4v) is 2.69. The van der Waals surface area contributed by atoms with E-state index >= 15 is 0 Å². The van der Waals surface area contributed by atoms with Gasteiger partial charge in [0.15, 0.2) is 0 Å². The Balaban J connectivity index is 2.66. The highest BCUT2D eigenvalue weighted by Crippen LogP contribution is 2.40. The van der Waals surface area contributed by atoms with Gasteiger partial charge >= 0.3 is 6.18 Å². The van der Waals surface area contributed by atoms with Gasteiger partial charge in [0.1, 0.15) is 5.82 Å². The first kappa shape index (κ1) is 15.2. The molecule has 0 aliphatic heterocycles. The van der Waals surface area contributed by atoms with Gasteiger partial charge in [-0.15, -0.1) is 0 Å². The number of alkyl halides is 3. The van der Waals surface area contributed by atoms with Crippen LogP contribution in [0, 0.1) is 0 Å². The van der Waals surface area contributed by atoms with Gasteiger partial charge in [0, 0.05) is 22.3 Å². The predicted molar refractivity (Wildman–Crippen MR) is 74.1 cm³/mol. The summed E-state index contributed by atoms with van der Waals surface area (Å²) in [5.74, 6) is -0.609. The third kappa shape index (κ3) is 2.95. The van der Waals surface area contributed by atoms with Gasteiger partial charge in [0.2, 0.25) is 0 Å². The van der Waals surface area contributed by atoms with Crippen molar-refractivity contribution in [2.24, 2.45) is 0 Å². The molecule has 1 aromatic heterocycles. The highest BCUT2D eigenvalue weighted by Gasteiger charge is 2.34. The number of anilines is 1. The summed E-state index contributed by atoms with van der Waals surface area (Å²) in [6.07, 6.45) is -3.44. The zero-order chi connectivity index (χ0) is 15.1. The lowest BCUT2D eigenvalue weighted by Crippen LogP contribution is -2.10. The molecule has 0 saturated heterocycles. The van der Waals surface area contributed by atoms with Gasteiger partial charge < -0.3 is 5.73 Å². The van der Waals surface area contributed by atoms with Crippen molar-refractivity contribution in [3.63, 3.8) is 0 Å². The quantitative estimate of drug-likeness (QED) is 0.763. The number of aromatic nitrogens is 1. The Bertz CT molecular complexity index is 648. The molecule has 0 saturated carbocycles. The van der Waals surface area contributed by atoms with Crippen molar-refractivity contribution in [3.05, 3.63) is 45.0 Å². The Morgan fingerprint density at radius 1 is 1.00 bits per heavy atom. The molecule has 0 aliphatic rings. The zero-order valence-corrected chi connectivity index (χ0v) is 11.9. The lowest BCUT2D eigenvalue weighted by atomic mass is 10.1. The highest BCUT2D eigenvalue weighted by molar-refractivity contribution is 6.41. The van der Waals surface area contributed by atoms with Crippen molar-refractivity contribution in [1.82, 2.24) is 4.98 Å². The fourth-order valence-electron chi connectivity index (χ4n) is 1.66. The fraction of sp³-hybridized carbons (Fsp3) is 0.0833. The van der Waals surface area contributed by atoms with Crippen LogP contribution < -0.4 is 5.73 Å². The van der Waals surface area contributed by atoms with Crippen LogP contribution in [-0.4, -0.2) is 4.98 Å². The first-order valence-electron chi connectivity index (χ1n) is 5.18. The molecule has 0 spiro atoms. The molecule has 0 unspecified atom stereocenters. The molecule has 0 bridgehead atoms. The summed E-state index contributed by atoms with van der Waals surface area (Å²) in [4.78, 5) is 3.53. The second-order valence-corrected chi connectivity index (χ2v) is 5.15. The van der Waals surface area contributed by atoms with E-state index in [1.807, 2.05) is 0 Å². The van der Waals surface area contributed by atoms with Gasteiger partial charge in [-0.05, 0) is 18.2 Å². The number of nitrogen functional groups attached to an aromatic ring is 1. The van der Waals surface area contributed by atoms with Crippen LogP contribution in [0.2, 0.25) is 15.1 Å². The summed E-state index contributed by atoms with van der Waals surface area (Å²) in [5.41, 5.74) is 4.52. The Kier molecular flexibility index (Phi) is 4.04. The maximum absolute atomic E-state index is 12.8. The Morgan fingerprint density at radius 3 is 2.05 bits per heavy atom. The lowest BCUT2D eigenvalue weighted by molar-refractivity contribution is -0.137. The van der Waals surface area contributed by atoms with E-state index in [0.29, 0.717) is 0 Å². The van der Waals surface area contributed by atoms with Gasteiger partial charge in [0.25, 0.3) is 0 Å². The van der Waals surface area contributed by atoms with E-state index in [4.69, 9.17) is 40.5 Å². The van der Waals surface area contributed by atoms with Crippen molar-refractivity contribution in [2.45, 2.75) is 6.18 Å². The van der Waals surface area contributed by atoms with E-state index in [1.165, 1.54) is 18.3 Å². The second-order valence-electron chi connectivity index (χ2n) is 3.90. The first-order chi connectivity index (χ1) is 9.20. The average molecular weight is 342 g/mol. The van der Waals surface area contributed by atoms with Crippen LogP contribution in [0.1, 0.15) is 5.56 Å². The molecule has 0 fully saturated rings. The summed E-state index contributed by atoms with van der Waals surface area (Å²) in [6.45, 7) is 0. The van der Waals surface area contributed by atoms with Gasteiger partial charge in [-0.25, -0.2) is 4.98 Å². The second kappa shape index (κ2) is 5.31. The van der Waals surface area contributed by atoms with Gasteiger partial charge in [-0.2, -0.15) is 13.2 Å². The number of benzene rings is 1. The molecule has 0 atom stereocenters. The summed E-state index contributed by atoms with van der Waals surface area (Å²) >= 11 is 17.7. The Morgan fingerprint density at radius 2 is 1.55 bits per heavy atom. The molecule has 106 valence electrons. The van der Waals surface area contributed by atoms with Crippen molar-refractivity contribution in [2.75, 3.05) is 5.73 Å². The summed E-state index contributed by atoms with van der Waals surface area (Å²) in [6, 6.07) is 3.62. The van der Waals surface area contributed by atoms with Crippen LogP contribution in [0.5, 0.6) is 0 Å². The number of hydrogen-bond donors (Lipinski definition) is 1. The van der Waals surface area contributed by atoms with Crippen molar-refractivity contribution in [3.8, 4) is 11.1 Å². The maximum atomic E-state index is 12.8. The molecule has 1 heterocycles. The Labute approximate surface area is 127 Å². The van der Waals surface area contributed by atoms with E-state index in [2.05, 4.69) is 4.98 Å². The third-order valence-electron chi connectivity index (χ3n) is 2.52. The first-order valence-corrected chi connectivity index (χ1v) is 6.31.